The molecule has 0 spiro atoms. The fourth-order valence-corrected chi connectivity index (χ4v) is 3.91. The predicted molar refractivity (Wildman–Crippen MR) is 110 cm³/mol. The molecule has 0 saturated heterocycles. The van der Waals surface area contributed by atoms with Gasteiger partial charge in [-0.3, -0.25) is 4.79 Å². The number of hydrogen-bond acceptors (Lipinski definition) is 3. The lowest BCUT2D eigenvalue weighted by Crippen LogP contribution is -2.18. The summed E-state index contributed by atoms with van der Waals surface area (Å²) in [5.41, 5.74) is 4.49. The maximum absolute atomic E-state index is 11.4. The Bertz CT molecular complexity index is 923. The van der Waals surface area contributed by atoms with Gasteiger partial charge in [0.25, 0.3) is 0 Å². The Kier molecular flexibility index (Phi) is 5.45. The minimum atomic E-state index is 0.0849. The zero-order valence-corrected chi connectivity index (χ0v) is 15.8. The number of nitrogens with one attached hydrogen (secondary N) is 1. The topological polar surface area (TPSA) is 38.3 Å². The van der Waals surface area contributed by atoms with Crippen molar-refractivity contribution in [2.45, 2.75) is 30.1 Å². The minimum Gasteiger partial charge on any atom is -0.489 e. The van der Waals surface area contributed by atoms with E-state index >= 15 is 0 Å². The van der Waals surface area contributed by atoms with Crippen molar-refractivity contribution in [3.05, 3.63) is 89.5 Å². The molecule has 1 aliphatic rings. The fraction of sp³-hybridized carbons (Fsp3) is 0.174. The van der Waals surface area contributed by atoms with E-state index in [0.29, 0.717) is 13.0 Å². The number of carbonyl (C=O) groups is 1. The zero-order valence-electron chi connectivity index (χ0n) is 15.0. The second-order valence-corrected chi connectivity index (χ2v) is 7.62. The number of anilines is 1. The van der Waals surface area contributed by atoms with Gasteiger partial charge in [-0.2, -0.15) is 0 Å². The van der Waals surface area contributed by atoms with Crippen LogP contribution in [0.1, 0.15) is 23.1 Å². The van der Waals surface area contributed by atoms with Gasteiger partial charge < -0.3 is 10.1 Å². The molecule has 0 aromatic heterocycles. The van der Waals surface area contributed by atoms with Crippen LogP contribution in [0.3, 0.4) is 0 Å². The number of benzene rings is 3. The van der Waals surface area contributed by atoms with Gasteiger partial charge in [-0.15, -0.1) is 11.8 Å². The number of aryl methyl sites for hydroxylation is 1. The lowest BCUT2D eigenvalue weighted by molar-refractivity contribution is -0.116. The molecule has 3 nitrogen and oxygen atoms in total. The van der Waals surface area contributed by atoms with Gasteiger partial charge in [0.05, 0.1) is 0 Å². The summed E-state index contributed by atoms with van der Waals surface area (Å²) in [5.74, 6) is 1.89. The van der Waals surface area contributed by atoms with Gasteiger partial charge in [-0.1, -0.05) is 42.5 Å². The first-order chi connectivity index (χ1) is 13.3. The summed E-state index contributed by atoms with van der Waals surface area (Å²) in [4.78, 5) is 12.7. The van der Waals surface area contributed by atoms with Gasteiger partial charge in [0.15, 0.2) is 0 Å². The first kappa shape index (κ1) is 17.7. The first-order valence-electron chi connectivity index (χ1n) is 9.07. The number of thioether (sulfide) groups is 1. The predicted octanol–water partition coefficient (Wildman–Crippen LogP) is 5.44. The van der Waals surface area contributed by atoms with E-state index in [1.165, 1.54) is 10.5 Å². The van der Waals surface area contributed by atoms with Crippen molar-refractivity contribution >= 4 is 23.4 Å². The van der Waals surface area contributed by atoms with Crippen LogP contribution in [-0.2, 0) is 23.6 Å². The Morgan fingerprint density at radius 2 is 1.67 bits per heavy atom. The Morgan fingerprint density at radius 3 is 2.48 bits per heavy atom. The summed E-state index contributed by atoms with van der Waals surface area (Å²) in [6, 6.07) is 24.9. The molecular formula is C23H21NO2S. The van der Waals surface area contributed by atoms with Crippen molar-refractivity contribution in [2.75, 3.05) is 5.32 Å². The molecule has 1 aliphatic heterocycles. The van der Waals surface area contributed by atoms with E-state index in [4.69, 9.17) is 4.74 Å². The SMILES string of the molecule is O=C1CCc2cc(OCc3ccc(CSc4ccccc4)cc3)ccc2N1. The van der Waals surface area contributed by atoms with Crippen LogP contribution < -0.4 is 10.1 Å². The van der Waals surface area contributed by atoms with Gasteiger partial charge in [-0.05, 0) is 53.4 Å². The number of carbonyl (C=O) groups excluding carboxylic acids is 1. The minimum absolute atomic E-state index is 0.0849. The summed E-state index contributed by atoms with van der Waals surface area (Å²) in [6.07, 6.45) is 1.31. The van der Waals surface area contributed by atoms with Crippen molar-refractivity contribution in [3.8, 4) is 5.75 Å². The molecule has 0 radical (unpaired) electrons. The van der Waals surface area contributed by atoms with Crippen molar-refractivity contribution in [3.63, 3.8) is 0 Å². The molecule has 0 bridgehead atoms. The fourth-order valence-electron chi connectivity index (χ4n) is 3.03. The lowest BCUT2D eigenvalue weighted by atomic mass is 10.0. The van der Waals surface area contributed by atoms with Gasteiger partial charge in [0.2, 0.25) is 5.91 Å². The van der Waals surface area contributed by atoms with Crippen molar-refractivity contribution < 1.29 is 9.53 Å². The molecule has 3 aromatic rings. The highest BCUT2D eigenvalue weighted by Gasteiger charge is 2.15. The van der Waals surface area contributed by atoms with Gasteiger partial charge in [0, 0.05) is 22.8 Å². The zero-order chi connectivity index (χ0) is 18.5. The van der Waals surface area contributed by atoms with Crippen LogP contribution in [-0.4, -0.2) is 5.91 Å². The molecule has 3 aromatic carbocycles. The third-order valence-electron chi connectivity index (χ3n) is 4.55. The molecule has 136 valence electrons. The summed E-state index contributed by atoms with van der Waals surface area (Å²) < 4.78 is 5.94. The molecule has 0 unspecified atom stereocenters. The number of hydrogen-bond donors (Lipinski definition) is 1. The van der Waals surface area contributed by atoms with Crippen LogP contribution in [0.2, 0.25) is 0 Å². The van der Waals surface area contributed by atoms with Crippen LogP contribution in [0.15, 0.2) is 77.7 Å². The van der Waals surface area contributed by atoms with Crippen LogP contribution >= 0.6 is 11.8 Å². The largest absolute Gasteiger partial charge is 0.489 e. The van der Waals surface area contributed by atoms with E-state index in [0.717, 1.165) is 34.7 Å². The van der Waals surface area contributed by atoms with Gasteiger partial charge in [0.1, 0.15) is 12.4 Å². The van der Waals surface area contributed by atoms with Crippen molar-refractivity contribution in [1.29, 1.82) is 0 Å². The highest BCUT2D eigenvalue weighted by molar-refractivity contribution is 7.98. The molecule has 0 fully saturated rings. The van der Waals surface area contributed by atoms with Crippen molar-refractivity contribution in [2.24, 2.45) is 0 Å². The highest BCUT2D eigenvalue weighted by atomic mass is 32.2. The van der Waals surface area contributed by atoms with E-state index in [2.05, 4.69) is 53.8 Å². The molecule has 0 aliphatic carbocycles. The van der Waals surface area contributed by atoms with E-state index in [9.17, 15) is 4.79 Å². The highest BCUT2D eigenvalue weighted by Crippen LogP contribution is 2.27. The monoisotopic (exact) mass is 375 g/mol. The molecule has 0 atom stereocenters. The lowest BCUT2D eigenvalue weighted by Gasteiger charge is -2.17. The molecule has 1 N–H and O–H groups in total. The Balaban J connectivity index is 1.32. The van der Waals surface area contributed by atoms with Crippen LogP contribution in [0.4, 0.5) is 5.69 Å². The van der Waals surface area contributed by atoms with E-state index < -0.39 is 0 Å². The van der Waals surface area contributed by atoms with Crippen LogP contribution in [0.5, 0.6) is 5.75 Å². The molecular weight excluding hydrogens is 354 g/mol. The standard InChI is InChI=1S/C23H21NO2S/c25-23-13-10-19-14-20(11-12-22(19)24-23)26-15-17-6-8-18(9-7-17)16-27-21-4-2-1-3-5-21/h1-9,11-12,14H,10,13,15-16H2,(H,24,25). The molecule has 1 heterocycles. The number of amides is 1. The second-order valence-electron chi connectivity index (χ2n) is 6.57. The van der Waals surface area contributed by atoms with E-state index in [1.807, 2.05) is 36.0 Å². The molecule has 27 heavy (non-hydrogen) atoms. The summed E-state index contributed by atoms with van der Waals surface area (Å²) in [6.45, 7) is 0.539. The quantitative estimate of drug-likeness (QED) is 0.583. The molecule has 4 heteroatoms. The molecule has 0 saturated carbocycles. The first-order valence-corrected chi connectivity index (χ1v) is 10.1. The third kappa shape index (κ3) is 4.72. The second kappa shape index (κ2) is 8.31. The summed E-state index contributed by atoms with van der Waals surface area (Å²) >= 11 is 1.84. The van der Waals surface area contributed by atoms with Crippen LogP contribution in [0.25, 0.3) is 0 Å². The maximum atomic E-state index is 11.4. The van der Waals surface area contributed by atoms with Gasteiger partial charge in [-0.25, -0.2) is 0 Å². The number of rotatable bonds is 6. The average Bonchev–Trinajstić information content (AvgIpc) is 2.72. The van der Waals surface area contributed by atoms with Crippen LogP contribution in [0, 0.1) is 0 Å². The average molecular weight is 375 g/mol. The number of fused-ring (bicyclic) bond motifs is 1. The van der Waals surface area contributed by atoms with E-state index in [-0.39, 0.29) is 5.91 Å². The normalized spacial score (nSPS) is 13.0. The third-order valence-corrected chi connectivity index (χ3v) is 5.63. The molecule has 1 amide bonds. The Labute approximate surface area is 163 Å². The summed E-state index contributed by atoms with van der Waals surface area (Å²) in [7, 11) is 0. The Hall–Kier alpha value is -2.72. The van der Waals surface area contributed by atoms with Gasteiger partial charge >= 0.3 is 0 Å². The Morgan fingerprint density at radius 1 is 0.889 bits per heavy atom. The van der Waals surface area contributed by atoms with Crippen molar-refractivity contribution in [1.82, 2.24) is 0 Å². The van der Waals surface area contributed by atoms with E-state index in [1.54, 1.807) is 0 Å². The smallest absolute Gasteiger partial charge is 0.224 e. The number of ether oxygens (including phenoxy) is 1. The maximum Gasteiger partial charge on any atom is 0.224 e. The summed E-state index contributed by atoms with van der Waals surface area (Å²) in [5, 5.41) is 2.89. The molecule has 4 rings (SSSR count).